The number of aromatic nitrogens is 2. The van der Waals surface area contributed by atoms with Gasteiger partial charge in [-0.1, -0.05) is 0 Å². The SMILES string of the molecule is CC(C)(C)NC(=O)c1ccnc(Nc2ccc(F)cc2)n1. The van der Waals surface area contributed by atoms with E-state index in [1.165, 1.54) is 24.4 Å². The smallest absolute Gasteiger partial charge is 0.270 e. The minimum atomic E-state index is -0.341. The lowest BCUT2D eigenvalue weighted by molar-refractivity contribution is 0.0914. The Hall–Kier alpha value is -2.50. The van der Waals surface area contributed by atoms with Gasteiger partial charge in [-0.15, -0.1) is 0 Å². The van der Waals surface area contributed by atoms with E-state index in [-0.39, 0.29) is 28.9 Å². The monoisotopic (exact) mass is 288 g/mol. The molecule has 0 saturated carbocycles. The molecule has 0 aliphatic rings. The van der Waals surface area contributed by atoms with Crippen LogP contribution in [0.3, 0.4) is 0 Å². The van der Waals surface area contributed by atoms with E-state index in [2.05, 4.69) is 20.6 Å². The molecule has 2 N–H and O–H groups in total. The van der Waals surface area contributed by atoms with Crippen LogP contribution in [0.4, 0.5) is 16.0 Å². The van der Waals surface area contributed by atoms with Gasteiger partial charge in [0.2, 0.25) is 5.95 Å². The van der Waals surface area contributed by atoms with Gasteiger partial charge in [-0.25, -0.2) is 14.4 Å². The third kappa shape index (κ3) is 4.52. The minimum Gasteiger partial charge on any atom is -0.346 e. The van der Waals surface area contributed by atoms with Crippen LogP contribution in [0, 0.1) is 5.82 Å². The molecular weight excluding hydrogens is 271 g/mol. The Kier molecular flexibility index (Phi) is 4.16. The highest BCUT2D eigenvalue weighted by atomic mass is 19.1. The number of carbonyl (C=O) groups excluding carboxylic acids is 1. The van der Waals surface area contributed by atoms with Gasteiger partial charge in [0.15, 0.2) is 0 Å². The summed E-state index contributed by atoms with van der Waals surface area (Å²) in [6, 6.07) is 7.34. The van der Waals surface area contributed by atoms with E-state index in [1.54, 1.807) is 12.1 Å². The van der Waals surface area contributed by atoms with Crippen molar-refractivity contribution in [2.45, 2.75) is 26.3 Å². The van der Waals surface area contributed by atoms with E-state index < -0.39 is 0 Å². The van der Waals surface area contributed by atoms with Gasteiger partial charge in [0.1, 0.15) is 11.5 Å². The number of hydrogen-bond acceptors (Lipinski definition) is 4. The van der Waals surface area contributed by atoms with E-state index in [1.807, 2.05) is 20.8 Å². The van der Waals surface area contributed by atoms with Crippen molar-refractivity contribution in [2.75, 3.05) is 5.32 Å². The molecule has 0 atom stereocenters. The summed E-state index contributed by atoms with van der Waals surface area (Å²) in [4.78, 5) is 20.2. The van der Waals surface area contributed by atoms with Crippen molar-refractivity contribution < 1.29 is 9.18 Å². The molecule has 110 valence electrons. The minimum absolute atomic E-state index is 0.268. The predicted molar refractivity (Wildman–Crippen MR) is 78.9 cm³/mol. The second-order valence-corrected chi connectivity index (χ2v) is 5.60. The first-order valence-electron chi connectivity index (χ1n) is 6.52. The first-order chi connectivity index (χ1) is 9.83. The van der Waals surface area contributed by atoms with Crippen molar-refractivity contribution in [2.24, 2.45) is 0 Å². The molecule has 0 spiro atoms. The van der Waals surface area contributed by atoms with Gasteiger partial charge in [-0.05, 0) is 51.1 Å². The second-order valence-electron chi connectivity index (χ2n) is 5.60. The molecule has 1 amide bonds. The number of anilines is 2. The zero-order valence-electron chi connectivity index (χ0n) is 12.1. The van der Waals surface area contributed by atoms with Gasteiger partial charge in [-0.3, -0.25) is 4.79 Å². The Labute approximate surface area is 122 Å². The second kappa shape index (κ2) is 5.87. The maximum absolute atomic E-state index is 12.8. The Balaban J connectivity index is 2.14. The lowest BCUT2D eigenvalue weighted by atomic mass is 10.1. The lowest BCUT2D eigenvalue weighted by Gasteiger charge is -2.20. The topological polar surface area (TPSA) is 66.9 Å². The van der Waals surface area contributed by atoms with E-state index in [9.17, 15) is 9.18 Å². The molecule has 0 radical (unpaired) electrons. The molecule has 0 saturated heterocycles. The number of halogens is 1. The number of rotatable bonds is 3. The highest BCUT2D eigenvalue weighted by Gasteiger charge is 2.16. The molecule has 1 aromatic heterocycles. The number of amides is 1. The molecule has 0 aliphatic heterocycles. The van der Waals surface area contributed by atoms with Gasteiger partial charge in [0.05, 0.1) is 0 Å². The largest absolute Gasteiger partial charge is 0.346 e. The van der Waals surface area contributed by atoms with Crippen LogP contribution in [0.1, 0.15) is 31.3 Å². The fraction of sp³-hybridized carbons (Fsp3) is 0.267. The van der Waals surface area contributed by atoms with E-state index in [0.29, 0.717) is 5.69 Å². The molecule has 21 heavy (non-hydrogen) atoms. The summed E-state index contributed by atoms with van der Waals surface area (Å²) in [7, 11) is 0. The number of nitrogens with one attached hydrogen (secondary N) is 2. The van der Waals surface area contributed by atoms with E-state index >= 15 is 0 Å². The molecular formula is C15H17FN4O. The maximum Gasteiger partial charge on any atom is 0.270 e. The summed E-state index contributed by atoms with van der Waals surface area (Å²) >= 11 is 0. The number of nitrogens with zero attached hydrogens (tertiary/aromatic N) is 2. The molecule has 0 aliphatic carbocycles. The van der Waals surface area contributed by atoms with Crippen molar-refractivity contribution in [1.29, 1.82) is 0 Å². The third-order valence-electron chi connectivity index (χ3n) is 2.48. The normalized spacial score (nSPS) is 11.0. The van der Waals surface area contributed by atoms with Crippen molar-refractivity contribution in [3.05, 3.63) is 48.0 Å². The van der Waals surface area contributed by atoms with Crippen LogP contribution >= 0.6 is 0 Å². The molecule has 2 aromatic rings. The average Bonchev–Trinajstić information content (AvgIpc) is 2.40. The highest BCUT2D eigenvalue weighted by Crippen LogP contribution is 2.13. The van der Waals surface area contributed by atoms with Crippen LogP contribution in [0.5, 0.6) is 0 Å². The van der Waals surface area contributed by atoms with Crippen LogP contribution in [0.25, 0.3) is 0 Å². The fourth-order valence-corrected chi connectivity index (χ4v) is 1.61. The number of carbonyl (C=O) groups is 1. The average molecular weight is 288 g/mol. The lowest BCUT2D eigenvalue weighted by Crippen LogP contribution is -2.41. The Morgan fingerprint density at radius 2 is 1.81 bits per heavy atom. The summed E-state index contributed by atoms with van der Waals surface area (Å²) in [6.07, 6.45) is 1.50. The summed E-state index contributed by atoms with van der Waals surface area (Å²) in [5, 5.41) is 5.75. The quantitative estimate of drug-likeness (QED) is 0.911. The molecule has 5 nitrogen and oxygen atoms in total. The Morgan fingerprint density at radius 3 is 2.43 bits per heavy atom. The first-order valence-corrected chi connectivity index (χ1v) is 6.52. The summed E-state index contributed by atoms with van der Waals surface area (Å²) in [5.41, 5.74) is 0.571. The van der Waals surface area contributed by atoms with Crippen LogP contribution in [-0.2, 0) is 0 Å². The first kappa shape index (κ1) is 14.9. The van der Waals surface area contributed by atoms with E-state index in [0.717, 1.165) is 0 Å². The molecule has 0 unspecified atom stereocenters. The molecule has 0 bridgehead atoms. The summed E-state index contributed by atoms with van der Waals surface area (Å²) in [5.74, 6) is -0.310. The molecule has 0 fully saturated rings. The predicted octanol–water partition coefficient (Wildman–Crippen LogP) is 2.89. The molecule has 6 heteroatoms. The molecule has 1 aromatic carbocycles. The van der Waals surface area contributed by atoms with Crippen molar-refractivity contribution in [3.63, 3.8) is 0 Å². The van der Waals surface area contributed by atoms with Gasteiger partial charge < -0.3 is 10.6 Å². The summed E-state index contributed by atoms with van der Waals surface area (Å²) < 4.78 is 12.8. The third-order valence-corrected chi connectivity index (χ3v) is 2.48. The van der Waals surface area contributed by atoms with Crippen LogP contribution < -0.4 is 10.6 Å². The summed E-state index contributed by atoms with van der Waals surface area (Å²) in [6.45, 7) is 5.68. The van der Waals surface area contributed by atoms with Crippen LogP contribution in [-0.4, -0.2) is 21.4 Å². The standard InChI is InChI=1S/C15H17FN4O/c1-15(2,3)20-13(21)12-8-9-17-14(19-12)18-11-6-4-10(16)5-7-11/h4-9H,1-3H3,(H,20,21)(H,17,18,19). The van der Waals surface area contributed by atoms with Gasteiger partial charge in [0.25, 0.3) is 5.91 Å². The highest BCUT2D eigenvalue weighted by molar-refractivity contribution is 5.92. The molecule has 2 rings (SSSR count). The maximum atomic E-state index is 12.8. The zero-order chi connectivity index (χ0) is 15.5. The van der Waals surface area contributed by atoms with Crippen molar-refractivity contribution >= 4 is 17.5 Å². The van der Waals surface area contributed by atoms with Crippen molar-refractivity contribution in [3.8, 4) is 0 Å². The molecule has 1 heterocycles. The number of hydrogen-bond donors (Lipinski definition) is 2. The Morgan fingerprint density at radius 1 is 1.14 bits per heavy atom. The van der Waals surface area contributed by atoms with E-state index in [4.69, 9.17) is 0 Å². The van der Waals surface area contributed by atoms with Crippen LogP contribution in [0.2, 0.25) is 0 Å². The fourth-order valence-electron chi connectivity index (χ4n) is 1.61. The van der Waals surface area contributed by atoms with Gasteiger partial charge in [0, 0.05) is 17.4 Å². The Bertz CT molecular complexity index is 635. The van der Waals surface area contributed by atoms with Gasteiger partial charge >= 0.3 is 0 Å². The van der Waals surface area contributed by atoms with Gasteiger partial charge in [-0.2, -0.15) is 0 Å². The van der Waals surface area contributed by atoms with Crippen LogP contribution in [0.15, 0.2) is 36.5 Å². The zero-order valence-corrected chi connectivity index (χ0v) is 12.1. The van der Waals surface area contributed by atoms with Crippen molar-refractivity contribution in [1.82, 2.24) is 15.3 Å². The number of benzene rings is 1.